The van der Waals surface area contributed by atoms with Crippen LogP contribution in [0.15, 0.2) is 41.1 Å². The van der Waals surface area contributed by atoms with Crippen LogP contribution in [0.5, 0.6) is 0 Å². The molecule has 2 aromatic heterocycles. The van der Waals surface area contributed by atoms with E-state index in [1.54, 1.807) is 0 Å². The number of furan rings is 1. The van der Waals surface area contributed by atoms with Gasteiger partial charge in [0, 0.05) is 31.5 Å². The molecule has 4 heterocycles. The van der Waals surface area contributed by atoms with Crippen LogP contribution in [0.2, 0.25) is 0 Å². The molecule has 30 heavy (non-hydrogen) atoms. The fourth-order valence-corrected chi connectivity index (χ4v) is 4.97. The molecule has 2 aliphatic heterocycles. The number of pyridine rings is 1. The Labute approximate surface area is 180 Å². The first-order chi connectivity index (χ1) is 14.7. The van der Waals surface area contributed by atoms with E-state index in [-0.39, 0.29) is 6.61 Å². The summed E-state index contributed by atoms with van der Waals surface area (Å²) in [4.78, 5) is 11.8. The summed E-state index contributed by atoms with van der Waals surface area (Å²) in [7, 11) is 2.24. The standard InChI is InChI=1S/C24H36N4O2/c1-26-12-8-22(9-13-26)28-14-6-21(7-15-28)17-27(16-20-4-10-25-11-5-20)18-23-2-3-24(19-29)30-23/h2-5,10-11,21-22,29H,6-9,12-19H2,1H3. The van der Waals surface area contributed by atoms with Gasteiger partial charge in [0.2, 0.25) is 0 Å². The molecule has 0 amide bonds. The molecule has 6 heteroatoms. The molecule has 2 fully saturated rings. The highest BCUT2D eigenvalue weighted by Crippen LogP contribution is 2.25. The number of piperidine rings is 2. The number of hydrogen-bond donors (Lipinski definition) is 1. The summed E-state index contributed by atoms with van der Waals surface area (Å²) in [5, 5.41) is 9.31. The lowest BCUT2D eigenvalue weighted by molar-refractivity contribution is 0.0716. The second-order valence-electron chi connectivity index (χ2n) is 9.07. The minimum atomic E-state index is -0.0419. The van der Waals surface area contributed by atoms with Crippen LogP contribution in [0.3, 0.4) is 0 Å². The van der Waals surface area contributed by atoms with Crippen LogP contribution in [0.1, 0.15) is 42.8 Å². The summed E-state index contributed by atoms with van der Waals surface area (Å²) >= 11 is 0. The predicted octanol–water partition coefficient (Wildman–Crippen LogP) is 2.98. The molecule has 2 saturated heterocycles. The molecule has 0 radical (unpaired) electrons. The van der Waals surface area contributed by atoms with Crippen LogP contribution >= 0.6 is 0 Å². The number of likely N-dealkylation sites (tertiary alicyclic amines) is 2. The lowest BCUT2D eigenvalue weighted by Crippen LogP contribution is -2.47. The molecular weight excluding hydrogens is 376 g/mol. The smallest absolute Gasteiger partial charge is 0.129 e. The van der Waals surface area contributed by atoms with E-state index in [0.717, 1.165) is 37.4 Å². The van der Waals surface area contributed by atoms with Crippen LogP contribution in [-0.2, 0) is 19.7 Å². The van der Waals surface area contributed by atoms with Gasteiger partial charge in [-0.1, -0.05) is 0 Å². The Hall–Kier alpha value is -1.73. The lowest BCUT2D eigenvalue weighted by atomic mass is 9.93. The Morgan fingerprint density at radius 2 is 1.67 bits per heavy atom. The van der Waals surface area contributed by atoms with Crippen molar-refractivity contribution >= 4 is 0 Å². The number of aromatic nitrogens is 1. The van der Waals surface area contributed by atoms with E-state index in [0.29, 0.717) is 5.76 Å². The molecule has 4 rings (SSSR count). The van der Waals surface area contributed by atoms with Crippen molar-refractivity contribution in [2.45, 2.75) is 51.4 Å². The van der Waals surface area contributed by atoms with Crippen molar-refractivity contribution in [2.24, 2.45) is 5.92 Å². The van der Waals surface area contributed by atoms with Crippen LogP contribution in [0, 0.1) is 5.92 Å². The Balaban J connectivity index is 1.33. The molecule has 1 N–H and O–H groups in total. The Kier molecular flexibility index (Phi) is 7.55. The highest BCUT2D eigenvalue weighted by molar-refractivity contribution is 5.11. The van der Waals surface area contributed by atoms with Gasteiger partial charge in [-0.25, -0.2) is 0 Å². The van der Waals surface area contributed by atoms with Crippen LogP contribution in [0.4, 0.5) is 0 Å². The first kappa shape index (κ1) is 21.5. The van der Waals surface area contributed by atoms with E-state index in [4.69, 9.17) is 4.42 Å². The maximum absolute atomic E-state index is 9.31. The van der Waals surface area contributed by atoms with Crippen molar-refractivity contribution in [1.29, 1.82) is 0 Å². The van der Waals surface area contributed by atoms with Gasteiger partial charge >= 0.3 is 0 Å². The summed E-state index contributed by atoms with van der Waals surface area (Å²) < 4.78 is 5.78. The van der Waals surface area contributed by atoms with Gasteiger partial charge in [0.05, 0.1) is 6.54 Å². The Morgan fingerprint density at radius 3 is 2.33 bits per heavy atom. The molecule has 0 saturated carbocycles. The van der Waals surface area contributed by atoms with Crippen molar-refractivity contribution in [1.82, 2.24) is 19.7 Å². The Bertz CT molecular complexity index is 750. The molecule has 0 bridgehead atoms. The lowest BCUT2D eigenvalue weighted by Gasteiger charge is -2.41. The van der Waals surface area contributed by atoms with E-state index in [1.807, 2.05) is 24.5 Å². The molecule has 6 nitrogen and oxygen atoms in total. The number of aliphatic hydroxyl groups excluding tert-OH is 1. The van der Waals surface area contributed by atoms with Crippen molar-refractivity contribution in [3.63, 3.8) is 0 Å². The van der Waals surface area contributed by atoms with E-state index in [1.165, 1.54) is 57.4 Å². The number of nitrogens with zero attached hydrogens (tertiary/aromatic N) is 4. The van der Waals surface area contributed by atoms with E-state index in [9.17, 15) is 5.11 Å². The van der Waals surface area contributed by atoms with Crippen molar-refractivity contribution in [3.8, 4) is 0 Å². The molecule has 0 unspecified atom stereocenters. The maximum Gasteiger partial charge on any atom is 0.129 e. The summed E-state index contributed by atoms with van der Waals surface area (Å²) in [6.07, 6.45) is 8.93. The van der Waals surface area contributed by atoms with Crippen molar-refractivity contribution in [3.05, 3.63) is 53.7 Å². The van der Waals surface area contributed by atoms with Gasteiger partial charge in [0.1, 0.15) is 18.1 Å². The van der Waals surface area contributed by atoms with Gasteiger partial charge in [-0.2, -0.15) is 0 Å². The molecule has 2 aliphatic rings. The summed E-state index contributed by atoms with van der Waals surface area (Å²) in [5.41, 5.74) is 1.28. The second-order valence-corrected chi connectivity index (χ2v) is 9.07. The minimum Gasteiger partial charge on any atom is -0.462 e. The first-order valence-electron chi connectivity index (χ1n) is 11.4. The van der Waals surface area contributed by atoms with E-state index < -0.39 is 0 Å². The zero-order valence-corrected chi connectivity index (χ0v) is 18.2. The van der Waals surface area contributed by atoms with Gasteiger partial charge in [0.25, 0.3) is 0 Å². The molecular formula is C24H36N4O2. The van der Waals surface area contributed by atoms with E-state index in [2.05, 4.69) is 38.9 Å². The molecule has 0 spiro atoms. The summed E-state index contributed by atoms with van der Waals surface area (Å²) in [6, 6.07) is 8.84. The van der Waals surface area contributed by atoms with E-state index >= 15 is 0 Å². The van der Waals surface area contributed by atoms with Gasteiger partial charge < -0.3 is 19.3 Å². The van der Waals surface area contributed by atoms with Gasteiger partial charge in [0.15, 0.2) is 0 Å². The zero-order valence-electron chi connectivity index (χ0n) is 18.2. The SMILES string of the molecule is CN1CCC(N2CCC(CN(Cc3ccncc3)Cc3ccc(CO)o3)CC2)CC1. The highest BCUT2D eigenvalue weighted by atomic mass is 16.4. The molecule has 2 aromatic rings. The monoisotopic (exact) mass is 412 g/mol. The fourth-order valence-electron chi connectivity index (χ4n) is 4.97. The highest BCUT2D eigenvalue weighted by Gasteiger charge is 2.28. The summed E-state index contributed by atoms with van der Waals surface area (Å²) in [5.74, 6) is 2.29. The third-order valence-corrected chi connectivity index (χ3v) is 6.78. The predicted molar refractivity (Wildman–Crippen MR) is 118 cm³/mol. The Morgan fingerprint density at radius 1 is 0.967 bits per heavy atom. The molecule has 0 atom stereocenters. The average Bonchev–Trinajstić information content (AvgIpc) is 3.23. The number of hydrogen-bond acceptors (Lipinski definition) is 6. The van der Waals surface area contributed by atoms with Gasteiger partial charge in [-0.15, -0.1) is 0 Å². The average molecular weight is 413 g/mol. The summed E-state index contributed by atoms with van der Waals surface area (Å²) in [6.45, 7) is 7.66. The topological polar surface area (TPSA) is 56.0 Å². The molecule has 0 aliphatic carbocycles. The largest absolute Gasteiger partial charge is 0.462 e. The van der Waals surface area contributed by atoms with Gasteiger partial charge in [-0.3, -0.25) is 9.88 Å². The third-order valence-electron chi connectivity index (χ3n) is 6.78. The quantitative estimate of drug-likeness (QED) is 0.719. The van der Waals surface area contributed by atoms with Crippen LogP contribution < -0.4 is 0 Å². The van der Waals surface area contributed by atoms with Crippen molar-refractivity contribution < 1.29 is 9.52 Å². The normalized spacial score (nSPS) is 20.2. The van der Waals surface area contributed by atoms with Crippen molar-refractivity contribution in [2.75, 3.05) is 39.8 Å². The second kappa shape index (κ2) is 10.5. The zero-order chi connectivity index (χ0) is 20.8. The third kappa shape index (κ3) is 5.91. The maximum atomic E-state index is 9.31. The first-order valence-corrected chi connectivity index (χ1v) is 11.4. The molecule has 164 valence electrons. The number of rotatable bonds is 8. The molecule has 0 aromatic carbocycles. The van der Waals surface area contributed by atoms with Crippen LogP contribution in [0.25, 0.3) is 0 Å². The fraction of sp³-hybridized carbons (Fsp3) is 0.625. The number of aliphatic hydroxyl groups is 1. The van der Waals surface area contributed by atoms with Gasteiger partial charge in [-0.05, 0) is 94.7 Å². The minimum absolute atomic E-state index is 0.0419. The van der Waals surface area contributed by atoms with Crippen LogP contribution in [-0.4, -0.2) is 70.6 Å².